The number of aromatic nitrogens is 2. The Kier molecular flexibility index (Phi) is 5.48. The normalized spacial score (nSPS) is 11.4. The number of carbonyl (C=O) groups is 1. The Hall–Kier alpha value is -3.13. The third kappa shape index (κ3) is 4.32. The minimum atomic E-state index is -0.798. The number of hydrogen-bond donors (Lipinski definition) is 1. The zero-order chi connectivity index (χ0) is 21.3. The first kappa shape index (κ1) is 20.6. The molecule has 0 bridgehead atoms. The number of nitrogens with zero attached hydrogens (tertiary/aromatic N) is 3. The minimum absolute atomic E-state index is 0.130. The molecule has 1 amide bonds. The van der Waals surface area contributed by atoms with Crippen LogP contribution in [0.3, 0.4) is 0 Å². The van der Waals surface area contributed by atoms with Gasteiger partial charge in [0, 0.05) is 11.5 Å². The molecule has 9 heteroatoms. The van der Waals surface area contributed by atoms with Crippen LogP contribution in [-0.2, 0) is 4.74 Å². The minimum Gasteiger partial charge on any atom is -0.504 e. The van der Waals surface area contributed by atoms with Crippen molar-refractivity contribution >= 4 is 40.1 Å². The molecule has 0 atom stereocenters. The maximum atomic E-state index is 13.7. The third-order valence-electron chi connectivity index (χ3n) is 3.86. The molecule has 0 aliphatic heterocycles. The first-order valence-corrected chi connectivity index (χ1v) is 8.98. The molecule has 29 heavy (non-hydrogen) atoms. The predicted molar refractivity (Wildman–Crippen MR) is 108 cm³/mol. The monoisotopic (exact) mass is 419 g/mol. The van der Waals surface area contributed by atoms with Gasteiger partial charge in [0.15, 0.2) is 17.3 Å². The lowest BCUT2D eigenvalue weighted by molar-refractivity contribution is 0.0598. The second-order valence-electron chi connectivity index (χ2n) is 7.15. The van der Waals surface area contributed by atoms with Crippen molar-refractivity contribution in [2.75, 3.05) is 12.0 Å². The summed E-state index contributed by atoms with van der Waals surface area (Å²) in [5.41, 5.74) is -0.139. The zero-order valence-electron chi connectivity index (χ0n) is 16.2. The number of carbonyl (C=O) groups excluding carboxylic acids is 1. The number of anilines is 2. The largest absolute Gasteiger partial charge is 0.504 e. The average molecular weight is 420 g/mol. The third-order valence-corrected chi connectivity index (χ3v) is 4.15. The Labute approximate surface area is 171 Å². The van der Waals surface area contributed by atoms with E-state index >= 15 is 0 Å². The Bertz CT molecular complexity index is 1090. The number of benzene rings is 2. The first-order valence-electron chi connectivity index (χ1n) is 8.60. The molecule has 0 saturated carbocycles. The lowest BCUT2D eigenvalue weighted by Crippen LogP contribution is -2.34. The number of hydrogen-bond acceptors (Lipinski definition) is 6. The number of amides is 1. The summed E-state index contributed by atoms with van der Waals surface area (Å²) in [5, 5.41) is 10.4. The lowest BCUT2D eigenvalue weighted by Gasteiger charge is -2.27. The van der Waals surface area contributed by atoms with Crippen molar-refractivity contribution in [1.29, 1.82) is 0 Å². The van der Waals surface area contributed by atoms with E-state index in [-0.39, 0.29) is 28.0 Å². The number of phenols is 1. The van der Waals surface area contributed by atoms with Crippen molar-refractivity contribution in [3.63, 3.8) is 0 Å². The van der Waals surface area contributed by atoms with Gasteiger partial charge in [-0.25, -0.2) is 24.1 Å². The number of fused-ring (bicyclic) bond motifs is 1. The van der Waals surface area contributed by atoms with Crippen molar-refractivity contribution in [2.45, 2.75) is 26.4 Å². The summed E-state index contributed by atoms with van der Waals surface area (Å²) in [5.74, 6) is -0.438. The summed E-state index contributed by atoms with van der Waals surface area (Å²) in [6.07, 6.45) is 0.506. The molecule has 0 aliphatic rings. The van der Waals surface area contributed by atoms with E-state index < -0.39 is 17.5 Å². The van der Waals surface area contributed by atoms with Crippen LogP contribution >= 0.6 is 11.6 Å². The number of halogens is 2. The van der Waals surface area contributed by atoms with Crippen molar-refractivity contribution in [3.8, 4) is 11.5 Å². The summed E-state index contributed by atoms with van der Waals surface area (Å²) in [6, 6.07) is 6.70. The Morgan fingerprint density at radius 1 is 1.21 bits per heavy atom. The molecule has 7 nitrogen and oxygen atoms in total. The van der Waals surface area contributed by atoms with Gasteiger partial charge >= 0.3 is 6.09 Å². The second kappa shape index (κ2) is 7.71. The standard InChI is InChI=1S/C20H19ClFN3O4/c1-20(2,3)29-19(27)25(11-5-6-14(22)13(21)7-11)18-12-8-16(26)17(28-4)9-15(12)23-10-24-18/h5-10,26H,1-4H3. The SMILES string of the molecule is COc1cc2ncnc(N(C(=O)OC(C)(C)C)c3ccc(F)c(Cl)c3)c2cc1O. The average Bonchev–Trinajstić information content (AvgIpc) is 2.63. The van der Waals surface area contributed by atoms with Crippen molar-refractivity contribution < 1.29 is 23.8 Å². The van der Waals surface area contributed by atoms with Crippen LogP contribution in [0.4, 0.5) is 20.7 Å². The zero-order valence-corrected chi connectivity index (χ0v) is 17.0. The Morgan fingerprint density at radius 2 is 1.93 bits per heavy atom. The highest BCUT2D eigenvalue weighted by Gasteiger charge is 2.28. The van der Waals surface area contributed by atoms with Crippen LogP contribution in [0.2, 0.25) is 5.02 Å². The van der Waals surface area contributed by atoms with Crippen LogP contribution < -0.4 is 9.64 Å². The molecular weight excluding hydrogens is 401 g/mol. The van der Waals surface area contributed by atoms with E-state index in [0.717, 1.165) is 11.0 Å². The maximum Gasteiger partial charge on any atom is 0.420 e. The summed E-state index contributed by atoms with van der Waals surface area (Å²) < 4.78 is 24.3. The van der Waals surface area contributed by atoms with Crippen molar-refractivity contribution in [2.24, 2.45) is 0 Å². The highest BCUT2D eigenvalue weighted by molar-refractivity contribution is 6.31. The van der Waals surface area contributed by atoms with Crippen LogP contribution in [0.5, 0.6) is 11.5 Å². The molecule has 0 fully saturated rings. The van der Waals surface area contributed by atoms with Gasteiger partial charge in [0.25, 0.3) is 0 Å². The van der Waals surface area contributed by atoms with Crippen LogP contribution in [0.1, 0.15) is 20.8 Å². The quantitative estimate of drug-likeness (QED) is 0.627. The van der Waals surface area contributed by atoms with Crippen molar-refractivity contribution in [1.82, 2.24) is 9.97 Å². The summed E-state index contributed by atoms with van der Waals surface area (Å²) >= 11 is 5.92. The van der Waals surface area contributed by atoms with E-state index in [1.165, 1.54) is 37.7 Å². The molecule has 2 aromatic carbocycles. The van der Waals surface area contributed by atoms with Gasteiger partial charge in [0.1, 0.15) is 17.7 Å². The summed E-state index contributed by atoms with van der Waals surface area (Å²) in [4.78, 5) is 22.5. The molecule has 152 valence electrons. The molecule has 0 spiro atoms. The number of phenolic OH excluding ortho intramolecular Hbond substituents is 1. The fraction of sp³-hybridized carbons (Fsp3) is 0.250. The molecule has 3 aromatic rings. The van der Waals surface area contributed by atoms with Crippen molar-refractivity contribution in [3.05, 3.63) is 47.5 Å². The molecule has 1 heterocycles. The van der Waals surface area contributed by atoms with E-state index in [1.54, 1.807) is 20.8 Å². The van der Waals surface area contributed by atoms with E-state index in [0.29, 0.717) is 10.9 Å². The first-order chi connectivity index (χ1) is 13.6. The van der Waals surface area contributed by atoms with Gasteiger partial charge in [0.05, 0.1) is 23.3 Å². The lowest BCUT2D eigenvalue weighted by atomic mass is 10.2. The molecule has 0 unspecified atom stereocenters. The topological polar surface area (TPSA) is 84.8 Å². The highest BCUT2D eigenvalue weighted by Crippen LogP contribution is 2.37. The van der Waals surface area contributed by atoms with Gasteiger partial charge in [-0.15, -0.1) is 0 Å². The number of rotatable bonds is 3. The van der Waals surface area contributed by atoms with Gasteiger partial charge in [-0.2, -0.15) is 0 Å². The highest BCUT2D eigenvalue weighted by atomic mass is 35.5. The van der Waals surface area contributed by atoms with Crippen LogP contribution in [-0.4, -0.2) is 33.9 Å². The Balaban J connectivity index is 2.24. The summed E-state index contributed by atoms with van der Waals surface area (Å²) in [6.45, 7) is 5.15. The molecule has 0 saturated heterocycles. The fourth-order valence-electron chi connectivity index (χ4n) is 2.65. The molecule has 1 aromatic heterocycles. The van der Waals surface area contributed by atoms with Gasteiger partial charge in [-0.1, -0.05) is 11.6 Å². The van der Waals surface area contributed by atoms with Crippen LogP contribution in [0.15, 0.2) is 36.7 Å². The van der Waals surface area contributed by atoms with Gasteiger partial charge in [-0.05, 0) is 45.0 Å². The molecule has 1 N–H and O–H groups in total. The number of ether oxygens (including phenoxy) is 2. The van der Waals surface area contributed by atoms with Crippen LogP contribution in [0.25, 0.3) is 10.9 Å². The second-order valence-corrected chi connectivity index (χ2v) is 7.56. The molecule has 0 radical (unpaired) electrons. The van der Waals surface area contributed by atoms with Gasteiger partial charge in [-0.3, -0.25) is 0 Å². The van der Waals surface area contributed by atoms with Gasteiger partial charge in [0.2, 0.25) is 0 Å². The van der Waals surface area contributed by atoms with Crippen LogP contribution in [0, 0.1) is 5.82 Å². The maximum absolute atomic E-state index is 13.7. The number of methoxy groups -OCH3 is 1. The molecular formula is C20H19ClFN3O4. The number of aromatic hydroxyl groups is 1. The summed E-state index contributed by atoms with van der Waals surface area (Å²) in [7, 11) is 1.41. The molecule has 0 aliphatic carbocycles. The van der Waals surface area contributed by atoms with E-state index in [9.17, 15) is 14.3 Å². The molecule has 3 rings (SSSR count). The Morgan fingerprint density at radius 3 is 2.55 bits per heavy atom. The van der Waals surface area contributed by atoms with E-state index in [4.69, 9.17) is 21.1 Å². The van der Waals surface area contributed by atoms with Gasteiger partial charge < -0.3 is 14.6 Å². The van der Waals surface area contributed by atoms with E-state index in [2.05, 4.69) is 9.97 Å². The van der Waals surface area contributed by atoms with E-state index in [1.807, 2.05) is 0 Å². The predicted octanol–water partition coefficient (Wildman–Crippen LogP) is 5.21. The smallest absolute Gasteiger partial charge is 0.420 e. The fourth-order valence-corrected chi connectivity index (χ4v) is 2.82.